The molecule has 41 valence electrons. The van der Waals surface area contributed by atoms with Gasteiger partial charge in [0.2, 0.25) is 0 Å². The second-order valence-electron chi connectivity index (χ2n) is 1.56. The van der Waals surface area contributed by atoms with Gasteiger partial charge in [-0.25, -0.2) is 0 Å². The normalized spacial score (nSPS) is 8.00. The van der Waals surface area contributed by atoms with Crippen LogP contribution in [0.3, 0.4) is 0 Å². The predicted octanol–water partition coefficient (Wildman–Crippen LogP) is 1.76. The zero-order chi connectivity index (χ0) is 4.28. The molecule has 0 nitrogen and oxygen atoms in total. The molecule has 0 aliphatic rings. The summed E-state index contributed by atoms with van der Waals surface area (Å²) < 4.78 is 0. The van der Waals surface area contributed by atoms with Gasteiger partial charge in [0.1, 0.15) is 0 Å². The molecular weight excluding hydrogens is 239 g/mol. The number of hydrogen-bond donors (Lipinski definition) is 0. The van der Waals surface area contributed by atoms with E-state index in [9.17, 15) is 0 Å². The Morgan fingerprint density at radius 3 is 1.50 bits per heavy atom. The van der Waals surface area contributed by atoms with E-state index < -0.39 is 0 Å². The van der Waals surface area contributed by atoms with Gasteiger partial charge in [0, 0.05) is 47.0 Å². The summed E-state index contributed by atoms with van der Waals surface area (Å²) in [6, 6.07) is 1.41. The van der Waals surface area contributed by atoms with E-state index in [2.05, 4.69) is 20.0 Å². The van der Waals surface area contributed by atoms with Crippen molar-refractivity contribution in [3.63, 3.8) is 0 Å². The summed E-state index contributed by atoms with van der Waals surface area (Å²) in [6.45, 7) is 6.89. The SMILES string of the molecule is CC[Si](C)C.[Dy]. The van der Waals surface area contributed by atoms with Crippen LogP contribution in [0.2, 0.25) is 19.1 Å². The Kier molecular flexibility index (Phi) is 11.3. The Hall–Kier alpha value is 1.49. The van der Waals surface area contributed by atoms with Crippen LogP contribution in [0.4, 0.5) is 0 Å². The zero-order valence-electron chi connectivity index (χ0n) is 4.52. The second-order valence-corrected chi connectivity index (χ2v) is 4.68. The molecule has 0 fully saturated rings. The molecule has 0 unspecified atom stereocenters. The summed E-state index contributed by atoms with van der Waals surface area (Å²) >= 11 is 0. The van der Waals surface area contributed by atoms with Crippen molar-refractivity contribution in [2.24, 2.45) is 0 Å². The largest absolute Gasteiger partial charge is 0.0713 e. The van der Waals surface area contributed by atoms with Crippen LogP contribution in [0.5, 0.6) is 0 Å². The van der Waals surface area contributed by atoms with E-state index in [-0.39, 0.29) is 47.0 Å². The first-order valence-electron chi connectivity index (χ1n) is 2.06. The van der Waals surface area contributed by atoms with Crippen molar-refractivity contribution in [3.8, 4) is 0 Å². The Bertz CT molecular complexity index is 21.5. The zero-order valence-corrected chi connectivity index (χ0v) is 7.55. The van der Waals surface area contributed by atoms with Gasteiger partial charge < -0.3 is 0 Å². The molecule has 0 bridgehead atoms. The fourth-order valence-electron chi connectivity index (χ4n) is 0. The van der Waals surface area contributed by atoms with Gasteiger partial charge >= 0.3 is 0 Å². The molecule has 0 spiro atoms. The molecule has 0 heterocycles. The van der Waals surface area contributed by atoms with Gasteiger partial charge in [-0.3, -0.25) is 0 Å². The third-order valence-corrected chi connectivity index (χ3v) is 2.12. The number of hydrogen-bond acceptors (Lipinski definition) is 0. The molecule has 6 heavy (non-hydrogen) atoms. The van der Waals surface area contributed by atoms with E-state index in [4.69, 9.17) is 0 Å². The molecule has 1 radical (unpaired) electrons. The Labute approximate surface area is 72.3 Å². The van der Waals surface area contributed by atoms with Crippen LogP contribution in [0.25, 0.3) is 0 Å². The Morgan fingerprint density at radius 2 is 1.50 bits per heavy atom. The molecule has 0 amide bonds. The first kappa shape index (κ1) is 10.5. The first-order chi connectivity index (χ1) is 2.27. The average molecular weight is 250 g/mol. The molecule has 2 heteroatoms. The van der Waals surface area contributed by atoms with Gasteiger partial charge in [-0.15, -0.1) is 0 Å². The summed E-state index contributed by atoms with van der Waals surface area (Å²) in [5, 5.41) is 0. The minimum atomic E-state index is 0. The maximum Gasteiger partial charge on any atom is 0.0410 e. The van der Waals surface area contributed by atoms with Crippen molar-refractivity contribution in [3.05, 3.63) is 0 Å². The van der Waals surface area contributed by atoms with Gasteiger partial charge in [0.15, 0.2) is 0 Å². The van der Waals surface area contributed by atoms with Crippen LogP contribution >= 0.6 is 0 Å². The molecule has 0 saturated carbocycles. The molecule has 0 aromatic rings. The molecule has 0 aliphatic heterocycles. The average Bonchev–Trinajstić information content (AvgIpc) is 1.38. The van der Waals surface area contributed by atoms with Crippen molar-refractivity contribution in [2.75, 3.05) is 0 Å². The first-order valence-corrected chi connectivity index (χ1v) is 4.77. The van der Waals surface area contributed by atoms with Gasteiger partial charge in [0.05, 0.1) is 0 Å². The van der Waals surface area contributed by atoms with E-state index in [1.165, 1.54) is 6.04 Å². The number of rotatable bonds is 1. The van der Waals surface area contributed by atoms with Crippen LogP contribution in [0, 0.1) is 38.2 Å². The molecule has 0 aromatic heterocycles. The smallest absolute Gasteiger partial charge is 0.0410 e. The summed E-state index contributed by atoms with van der Waals surface area (Å²) in [4.78, 5) is 0. The Balaban J connectivity index is 0. The standard InChI is InChI=1S/C4H11Si.Dy/c1-4-5(2)3;/h4H2,1-3H3;. The summed E-state index contributed by atoms with van der Waals surface area (Å²) in [5.74, 6) is 0. The van der Waals surface area contributed by atoms with Crippen LogP contribution in [-0.2, 0) is 0 Å². The fourth-order valence-corrected chi connectivity index (χ4v) is 0. The van der Waals surface area contributed by atoms with E-state index in [1.807, 2.05) is 0 Å². The minimum Gasteiger partial charge on any atom is -0.0713 e. The van der Waals surface area contributed by atoms with Crippen molar-refractivity contribution >= 4 is 8.80 Å². The summed E-state index contributed by atoms with van der Waals surface area (Å²) in [7, 11) is 0.126. The van der Waals surface area contributed by atoms with Crippen molar-refractivity contribution < 1.29 is 38.2 Å². The maximum absolute atomic E-state index is 2.32. The van der Waals surface area contributed by atoms with Gasteiger partial charge in [-0.2, -0.15) is 0 Å². The topological polar surface area (TPSA) is 0 Å². The van der Waals surface area contributed by atoms with Crippen molar-refractivity contribution in [1.82, 2.24) is 0 Å². The fraction of sp³-hybridized carbons (Fsp3) is 1.00. The van der Waals surface area contributed by atoms with E-state index in [1.54, 1.807) is 0 Å². The monoisotopic (exact) mass is 251 g/mol. The molecule has 0 rings (SSSR count). The van der Waals surface area contributed by atoms with E-state index in [0.29, 0.717) is 0 Å². The molecular formula is C4H11DySi. The molecule has 0 saturated heterocycles. The van der Waals surface area contributed by atoms with Gasteiger partial charge in [0.25, 0.3) is 0 Å². The van der Waals surface area contributed by atoms with Crippen molar-refractivity contribution in [1.29, 1.82) is 0 Å². The molecule has 0 aromatic carbocycles. The van der Waals surface area contributed by atoms with E-state index in [0.717, 1.165) is 0 Å². The summed E-state index contributed by atoms with van der Waals surface area (Å²) in [6.07, 6.45) is 0. The van der Waals surface area contributed by atoms with Crippen LogP contribution in [0.15, 0.2) is 0 Å². The van der Waals surface area contributed by atoms with Gasteiger partial charge in [-0.1, -0.05) is 26.1 Å². The quantitative estimate of drug-likeness (QED) is 0.622. The van der Waals surface area contributed by atoms with Crippen LogP contribution in [0.1, 0.15) is 6.92 Å². The third kappa shape index (κ3) is 9.09. The van der Waals surface area contributed by atoms with Crippen molar-refractivity contribution in [2.45, 2.75) is 26.1 Å². The van der Waals surface area contributed by atoms with Crippen LogP contribution < -0.4 is 0 Å². The predicted molar refractivity (Wildman–Crippen MR) is 28.0 cm³/mol. The molecule has 0 aliphatic carbocycles. The summed E-state index contributed by atoms with van der Waals surface area (Å²) in [5.41, 5.74) is 0. The van der Waals surface area contributed by atoms with E-state index >= 15 is 0 Å². The van der Waals surface area contributed by atoms with Crippen LogP contribution in [-0.4, -0.2) is 8.80 Å². The van der Waals surface area contributed by atoms with Gasteiger partial charge in [-0.05, 0) is 0 Å². The molecule has 0 N–H and O–H groups in total. The molecule has 0 atom stereocenters. The Morgan fingerprint density at radius 1 is 1.33 bits per heavy atom. The second kappa shape index (κ2) is 6.49. The maximum atomic E-state index is 2.32. The third-order valence-electron chi connectivity index (χ3n) is 0.707. The minimum absolute atomic E-state index is 0.